The van der Waals surface area contributed by atoms with Crippen molar-refractivity contribution in [1.29, 1.82) is 0 Å². The average molecular weight is 659 g/mol. The maximum atomic E-state index is 13.8. The zero-order chi connectivity index (χ0) is 28.1. The first-order valence-corrected chi connectivity index (χ1v) is 14.9. The van der Waals surface area contributed by atoms with Crippen LogP contribution >= 0.6 is 50.6 Å². The number of benzene rings is 3. The summed E-state index contributed by atoms with van der Waals surface area (Å²) in [5.41, 5.74) is 1.56. The van der Waals surface area contributed by atoms with Crippen LogP contribution in [0.3, 0.4) is 0 Å². The summed E-state index contributed by atoms with van der Waals surface area (Å²) < 4.78 is 16.0. The number of thioether (sulfide) groups is 1. The third-order valence-electron chi connectivity index (χ3n) is 6.79. The van der Waals surface area contributed by atoms with Crippen LogP contribution in [0.4, 0.5) is 15.8 Å². The maximum Gasteiger partial charge on any atom is 0.308 e. The molecule has 2 unspecified atom stereocenters. The highest BCUT2D eigenvalue weighted by atomic mass is 79.9. The van der Waals surface area contributed by atoms with Gasteiger partial charge in [-0.05, 0) is 66.2 Å². The van der Waals surface area contributed by atoms with E-state index >= 15 is 0 Å². The molecule has 7 nitrogen and oxygen atoms in total. The van der Waals surface area contributed by atoms with Gasteiger partial charge in [0.1, 0.15) is 17.6 Å². The van der Waals surface area contributed by atoms with Crippen LogP contribution in [0.15, 0.2) is 87.1 Å². The van der Waals surface area contributed by atoms with Crippen LogP contribution < -0.4 is 15.1 Å². The Balaban J connectivity index is 1.40. The lowest BCUT2D eigenvalue weighted by Gasteiger charge is -2.30. The molecule has 202 valence electrons. The number of hydrogen-bond acceptors (Lipinski definition) is 6. The van der Waals surface area contributed by atoms with E-state index in [1.54, 1.807) is 60.7 Å². The third-order valence-corrected chi connectivity index (χ3v) is 10.2. The summed E-state index contributed by atoms with van der Waals surface area (Å²) in [6.07, 6.45) is 0. The fourth-order valence-electron chi connectivity index (χ4n) is 5.01. The highest BCUT2D eigenvalue weighted by Crippen LogP contribution is 2.53. The minimum absolute atomic E-state index is 0.285. The minimum Gasteiger partial charge on any atom is -0.325 e. The van der Waals surface area contributed by atoms with Crippen molar-refractivity contribution >= 4 is 79.7 Å². The molecule has 4 aromatic rings. The summed E-state index contributed by atoms with van der Waals surface area (Å²) in [6.45, 7) is -0.285. The van der Waals surface area contributed by atoms with E-state index in [0.717, 1.165) is 27.6 Å². The number of nitrogens with one attached hydrogen (secondary N) is 1. The average Bonchev–Trinajstić information content (AvgIpc) is 3.37. The molecule has 0 radical (unpaired) electrons. The lowest BCUT2D eigenvalue weighted by Crippen LogP contribution is -2.33. The number of hydrogen-bond donors (Lipinski definition) is 1. The van der Waals surface area contributed by atoms with Crippen LogP contribution in [0, 0.1) is 11.7 Å². The molecule has 1 aromatic heterocycles. The van der Waals surface area contributed by atoms with Gasteiger partial charge >= 0.3 is 4.87 Å². The van der Waals surface area contributed by atoms with Gasteiger partial charge in [0.25, 0.3) is 0 Å². The smallest absolute Gasteiger partial charge is 0.308 e. The van der Waals surface area contributed by atoms with Gasteiger partial charge in [-0.15, -0.1) is 0 Å². The summed E-state index contributed by atoms with van der Waals surface area (Å²) in [7, 11) is 0. The number of rotatable bonds is 5. The van der Waals surface area contributed by atoms with Gasteiger partial charge < -0.3 is 5.32 Å². The molecule has 3 amide bonds. The van der Waals surface area contributed by atoms with Gasteiger partial charge in [0.15, 0.2) is 0 Å². The molecule has 0 aliphatic carbocycles. The van der Waals surface area contributed by atoms with E-state index in [1.165, 1.54) is 21.6 Å². The first-order valence-electron chi connectivity index (χ1n) is 12.1. The van der Waals surface area contributed by atoms with Crippen LogP contribution in [0.25, 0.3) is 0 Å². The minimum atomic E-state index is -0.835. The van der Waals surface area contributed by atoms with Crippen molar-refractivity contribution in [3.8, 4) is 0 Å². The number of halogens is 3. The van der Waals surface area contributed by atoms with Crippen molar-refractivity contribution in [3.05, 3.63) is 108 Å². The van der Waals surface area contributed by atoms with Crippen LogP contribution in [0.2, 0.25) is 5.02 Å². The molecular formula is C28H18BrClFN3O4S2. The molecular weight excluding hydrogens is 641 g/mol. The summed E-state index contributed by atoms with van der Waals surface area (Å²) in [4.78, 5) is 55.0. The topological polar surface area (TPSA) is 88.5 Å². The number of nitrogens with zero attached hydrogens (tertiary/aromatic N) is 2. The molecule has 1 saturated heterocycles. The zero-order valence-corrected chi connectivity index (χ0v) is 24.3. The van der Waals surface area contributed by atoms with E-state index in [-0.39, 0.29) is 11.4 Å². The Morgan fingerprint density at radius 2 is 1.62 bits per heavy atom. The number of carbonyl (C=O) groups excluding carboxylic acids is 3. The Bertz CT molecular complexity index is 1710. The second-order valence-corrected chi connectivity index (χ2v) is 12.7. The molecule has 1 N–H and O–H groups in total. The van der Waals surface area contributed by atoms with Gasteiger partial charge in [0.2, 0.25) is 17.7 Å². The summed E-state index contributed by atoms with van der Waals surface area (Å²) in [6, 6.07) is 19.1. The highest BCUT2D eigenvalue weighted by Gasteiger charge is 2.56. The molecule has 6 rings (SSSR count). The zero-order valence-electron chi connectivity index (χ0n) is 20.3. The largest absolute Gasteiger partial charge is 0.325 e. The number of anilines is 2. The van der Waals surface area contributed by atoms with E-state index in [9.17, 15) is 23.6 Å². The molecule has 3 atom stereocenters. The van der Waals surface area contributed by atoms with E-state index in [0.29, 0.717) is 31.9 Å². The molecule has 0 saturated carbocycles. The Morgan fingerprint density at radius 1 is 0.950 bits per heavy atom. The Labute approximate surface area is 249 Å². The van der Waals surface area contributed by atoms with Gasteiger partial charge in [-0.25, -0.2) is 9.29 Å². The fourth-order valence-corrected chi connectivity index (χ4v) is 8.17. The Hall–Kier alpha value is -3.25. The predicted octanol–water partition coefficient (Wildman–Crippen LogP) is 5.90. The number of amides is 3. The van der Waals surface area contributed by atoms with E-state index in [1.807, 2.05) is 0 Å². The van der Waals surface area contributed by atoms with E-state index in [4.69, 9.17) is 11.6 Å². The maximum absolute atomic E-state index is 13.8. The lowest BCUT2D eigenvalue weighted by molar-refractivity contribution is -0.122. The van der Waals surface area contributed by atoms with Crippen molar-refractivity contribution in [2.75, 3.05) is 10.2 Å². The van der Waals surface area contributed by atoms with Crippen LogP contribution in [-0.4, -0.2) is 27.5 Å². The standard InChI is InChI=1S/C28H18BrClFN3O4S2/c29-15-3-11-19(12-4-15)34-25(36)22-21(14-1-7-17(31)8-2-14)24-27(39-23(22)26(34)37)33(28(38)40-24)13-20(35)32-18-9-5-16(30)6-10-18/h1-12,21-23H,13H2,(H,32,35)/t21-,22?,23?/m0/s1. The molecule has 3 heterocycles. The first-order chi connectivity index (χ1) is 19.2. The summed E-state index contributed by atoms with van der Waals surface area (Å²) >= 11 is 11.3. The quantitative estimate of drug-likeness (QED) is 0.270. The van der Waals surface area contributed by atoms with Gasteiger partial charge in [0.05, 0.1) is 16.6 Å². The van der Waals surface area contributed by atoms with Gasteiger partial charge in [0, 0.05) is 26.0 Å². The van der Waals surface area contributed by atoms with Crippen molar-refractivity contribution < 1.29 is 18.8 Å². The Kier molecular flexibility index (Phi) is 7.16. The van der Waals surface area contributed by atoms with Crippen molar-refractivity contribution in [2.24, 2.45) is 5.92 Å². The normalized spacial score (nSPS) is 19.9. The highest BCUT2D eigenvalue weighted by molar-refractivity contribution is 9.10. The molecule has 2 aliphatic heterocycles. The predicted molar refractivity (Wildman–Crippen MR) is 157 cm³/mol. The van der Waals surface area contributed by atoms with Crippen LogP contribution in [0.5, 0.6) is 0 Å². The number of fused-ring (bicyclic) bond motifs is 2. The van der Waals surface area contributed by atoms with E-state index < -0.39 is 40.6 Å². The molecule has 3 aromatic carbocycles. The van der Waals surface area contributed by atoms with Crippen molar-refractivity contribution in [3.63, 3.8) is 0 Å². The van der Waals surface area contributed by atoms with Gasteiger partial charge in [-0.1, -0.05) is 62.8 Å². The third kappa shape index (κ3) is 4.81. The number of aromatic nitrogens is 1. The number of imide groups is 1. The van der Waals surface area contributed by atoms with Crippen LogP contribution in [0.1, 0.15) is 16.4 Å². The first kappa shape index (κ1) is 26.9. The molecule has 0 bridgehead atoms. The molecule has 2 aliphatic rings. The molecule has 40 heavy (non-hydrogen) atoms. The van der Waals surface area contributed by atoms with Crippen molar-refractivity contribution in [2.45, 2.75) is 22.7 Å². The van der Waals surface area contributed by atoms with Crippen molar-refractivity contribution in [1.82, 2.24) is 4.57 Å². The van der Waals surface area contributed by atoms with Crippen LogP contribution in [-0.2, 0) is 20.9 Å². The summed E-state index contributed by atoms with van der Waals surface area (Å²) in [5, 5.41) is 2.89. The second kappa shape index (κ2) is 10.6. The van der Waals surface area contributed by atoms with Gasteiger partial charge in [-0.3, -0.25) is 23.7 Å². The molecule has 0 spiro atoms. The van der Waals surface area contributed by atoms with E-state index in [2.05, 4.69) is 21.2 Å². The fraction of sp³-hybridized carbons (Fsp3) is 0.143. The monoisotopic (exact) mass is 657 g/mol. The summed E-state index contributed by atoms with van der Waals surface area (Å²) in [5.74, 6) is -3.16. The Morgan fingerprint density at radius 3 is 2.30 bits per heavy atom. The molecule has 12 heteroatoms. The number of thiazole rings is 1. The number of carbonyl (C=O) groups is 3. The molecule has 1 fully saturated rings. The SMILES string of the molecule is O=C(Cn1c2c(sc1=O)[C@@H](c1ccc(F)cc1)C1C(=O)N(c3ccc(Br)cc3)C(=O)C1S2)Nc1ccc(Cl)cc1. The second-order valence-electron chi connectivity index (χ2n) is 9.26. The lowest BCUT2D eigenvalue weighted by atomic mass is 9.83. The van der Waals surface area contributed by atoms with Gasteiger partial charge in [-0.2, -0.15) is 0 Å².